The van der Waals surface area contributed by atoms with Gasteiger partial charge in [0.1, 0.15) is 11.5 Å². The van der Waals surface area contributed by atoms with Crippen LogP contribution in [0.4, 0.5) is 35.2 Å². The zero-order valence-corrected chi connectivity index (χ0v) is 23.3. The Morgan fingerprint density at radius 3 is 2.29 bits per heavy atom. The minimum atomic E-state index is -4.75. The van der Waals surface area contributed by atoms with Gasteiger partial charge in [0.05, 0.1) is 45.3 Å². The van der Waals surface area contributed by atoms with E-state index in [1.807, 2.05) is 0 Å². The van der Waals surface area contributed by atoms with Gasteiger partial charge in [-0.05, 0) is 42.3 Å². The Hall–Kier alpha value is -4.22. The molecule has 216 valence electrons. The van der Waals surface area contributed by atoms with Crippen LogP contribution in [0.15, 0.2) is 72.9 Å². The normalized spacial score (nSPS) is 17.9. The van der Waals surface area contributed by atoms with Crippen molar-refractivity contribution in [2.75, 3.05) is 28.6 Å². The van der Waals surface area contributed by atoms with Crippen LogP contribution in [-0.4, -0.2) is 52.0 Å². The van der Waals surface area contributed by atoms with E-state index in [4.69, 9.17) is 23.2 Å². The summed E-state index contributed by atoms with van der Waals surface area (Å²) >= 11 is 12.4. The second-order valence-corrected chi connectivity index (χ2v) is 10.9. The largest absolute Gasteiger partial charge is 0.432 e. The minimum absolute atomic E-state index is 0.0287. The van der Waals surface area contributed by atoms with Crippen molar-refractivity contribution in [1.29, 1.82) is 0 Å². The summed E-state index contributed by atoms with van der Waals surface area (Å²) in [5, 5.41) is 6.01. The lowest BCUT2D eigenvalue weighted by molar-refractivity contribution is -0.141. The van der Waals surface area contributed by atoms with E-state index in [1.54, 1.807) is 65.6 Å². The maximum absolute atomic E-state index is 13.7. The van der Waals surface area contributed by atoms with E-state index in [2.05, 4.69) is 25.5 Å². The van der Waals surface area contributed by atoms with Crippen molar-refractivity contribution >= 4 is 52.3 Å². The highest BCUT2D eigenvalue weighted by atomic mass is 35.5. The van der Waals surface area contributed by atoms with E-state index in [9.17, 15) is 22.8 Å². The predicted molar refractivity (Wildman–Crippen MR) is 155 cm³/mol. The van der Waals surface area contributed by atoms with Crippen LogP contribution in [0.1, 0.15) is 22.5 Å². The molecule has 42 heavy (non-hydrogen) atoms. The number of halogens is 5. The molecule has 2 aromatic carbocycles. The Labute approximate surface area is 248 Å². The topological polar surface area (TPSA) is 93.4 Å². The van der Waals surface area contributed by atoms with Crippen LogP contribution in [0.25, 0.3) is 11.3 Å². The highest BCUT2D eigenvalue weighted by Crippen LogP contribution is 2.37. The summed E-state index contributed by atoms with van der Waals surface area (Å²) in [7, 11) is 0. The summed E-state index contributed by atoms with van der Waals surface area (Å²) in [6.07, 6.45) is -2.59. The predicted octanol–water partition coefficient (Wildman–Crippen LogP) is 7.15. The first-order valence-corrected chi connectivity index (χ1v) is 13.8. The van der Waals surface area contributed by atoms with E-state index in [1.165, 1.54) is 12.3 Å². The van der Waals surface area contributed by atoms with Crippen LogP contribution >= 0.6 is 23.2 Å². The maximum atomic E-state index is 13.7. The third-order valence-corrected chi connectivity index (χ3v) is 8.06. The summed E-state index contributed by atoms with van der Waals surface area (Å²) in [6.45, 7) is 1.02. The van der Waals surface area contributed by atoms with Crippen molar-refractivity contribution in [3.05, 3.63) is 94.2 Å². The number of piperazine rings is 1. The van der Waals surface area contributed by atoms with E-state index in [-0.39, 0.29) is 29.5 Å². The van der Waals surface area contributed by atoms with Crippen molar-refractivity contribution in [3.63, 3.8) is 0 Å². The average molecular weight is 615 g/mol. The number of carbonyl (C=O) groups excluding carboxylic acids is 2. The first-order chi connectivity index (χ1) is 20.1. The van der Waals surface area contributed by atoms with Gasteiger partial charge in [0.25, 0.3) is 5.91 Å². The standard InChI is InChI=1S/C29H23Cl2F3N6O2/c30-21-7-4-8-22(31)25(21)38-28(42)40-15-18-11-19(40)14-39(18)24-10-9-17(13-35-24)36-27(41)20-12-23(16-5-2-1-3-6-16)37-26(20)29(32,33)34/h1-10,12-13,18-19,37H,11,14-15H2,(H,36,41)(H,38,42). The fourth-order valence-corrected chi connectivity index (χ4v) is 5.94. The number of rotatable bonds is 5. The quantitative estimate of drug-likeness (QED) is 0.222. The van der Waals surface area contributed by atoms with Crippen LogP contribution in [0.5, 0.6) is 0 Å². The Kier molecular flexibility index (Phi) is 7.24. The molecule has 2 bridgehead atoms. The number of aromatic amines is 1. The van der Waals surface area contributed by atoms with Gasteiger partial charge in [-0.1, -0.05) is 59.6 Å². The highest BCUT2D eigenvalue weighted by Gasteiger charge is 2.46. The van der Waals surface area contributed by atoms with Gasteiger partial charge >= 0.3 is 12.2 Å². The molecule has 3 amide bonds. The molecule has 2 aliphatic rings. The van der Waals surface area contributed by atoms with Gasteiger partial charge in [-0.2, -0.15) is 13.2 Å². The fourth-order valence-electron chi connectivity index (χ4n) is 5.45. The number of benzene rings is 2. The number of aromatic nitrogens is 2. The van der Waals surface area contributed by atoms with Crippen LogP contribution < -0.4 is 15.5 Å². The van der Waals surface area contributed by atoms with Gasteiger partial charge in [0, 0.05) is 18.8 Å². The minimum Gasteiger partial charge on any atom is -0.350 e. The highest BCUT2D eigenvalue weighted by molar-refractivity contribution is 6.39. The number of likely N-dealkylation sites (tertiary alicyclic amines) is 1. The Morgan fingerprint density at radius 1 is 0.929 bits per heavy atom. The van der Waals surface area contributed by atoms with E-state index >= 15 is 0 Å². The SMILES string of the molecule is O=C(Nc1ccc(N2CC3CC2CN3C(=O)Nc2c(Cl)cccc2Cl)nc1)c1cc(-c2ccccc2)[nH]c1C(F)(F)F. The molecule has 2 aromatic heterocycles. The molecule has 13 heteroatoms. The molecular weight excluding hydrogens is 592 g/mol. The zero-order chi connectivity index (χ0) is 29.6. The average Bonchev–Trinajstić information content (AvgIpc) is 3.71. The number of fused-ring (bicyclic) bond motifs is 2. The molecule has 0 radical (unpaired) electrons. The molecule has 0 spiro atoms. The number of pyridine rings is 1. The number of anilines is 3. The molecule has 2 saturated heterocycles. The molecule has 3 N–H and O–H groups in total. The smallest absolute Gasteiger partial charge is 0.350 e. The van der Waals surface area contributed by atoms with Crippen molar-refractivity contribution in [3.8, 4) is 11.3 Å². The lowest BCUT2D eigenvalue weighted by atomic mass is 10.1. The number of carbonyl (C=O) groups is 2. The van der Waals surface area contributed by atoms with E-state index < -0.39 is 23.3 Å². The van der Waals surface area contributed by atoms with Gasteiger partial charge in [0.15, 0.2) is 0 Å². The molecule has 4 aromatic rings. The third kappa shape index (κ3) is 5.37. The second-order valence-electron chi connectivity index (χ2n) is 10.1. The van der Waals surface area contributed by atoms with Gasteiger partial charge in [0.2, 0.25) is 0 Å². The lowest BCUT2D eigenvalue weighted by Crippen LogP contribution is -2.50. The molecule has 2 fully saturated rings. The van der Waals surface area contributed by atoms with Crippen LogP contribution in [-0.2, 0) is 6.18 Å². The second kappa shape index (κ2) is 10.9. The van der Waals surface area contributed by atoms with Crippen LogP contribution in [0, 0.1) is 0 Å². The lowest BCUT2D eigenvalue weighted by Gasteiger charge is -2.35. The zero-order valence-electron chi connectivity index (χ0n) is 21.8. The first-order valence-electron chi connectivity index (χ1n) is 13.0. The van der Waals surface area contributed by atoms with Crippen LogP contribution in [0.2, 0.25) is 10.0 Å². The number of nitrogens with zero attached hydrogens (tertiary/aromatic N) is 3. The summed E-state index contributed by atoms with van der Waals surface area (Å²) in [5.41, 5.74) is -0.315. The number of hydrogen-bond acceptors (Lipinski definition) is 4. The monoisotopic (exact) mass is 614 g/mol. The maximum Gasteiger partial charge on any atom is 0.432 e. The van der Waals surface area contributed by atoms with Gasteiger partial charge < -0.3 is 25.4 Å². The summed E-state index contributed by atoms with van der Waals surface area (Å²) in [4.78, 5) is 36.4. The Bertz CT molecular complexity index is 1630. The molecule has 8 nitrogen and oxygen atoms in total. The van der Waals surface area contributed by atoms with Crippen molar-refractivity contribution in [1.82, 2.24) is 14.9 Å². The number of urea groups is 1. The summed E-state index contributed by atoms with van der Waals surface area (Å²) < 4.78 is 41.2. The Balaban J connectivity index is 1.11. The van der Waals surface area contributed by atoms with E-state index in [0.29, 0.717) is 40.2 Å². The van der Waals surface area contributed by atoms with E-state index in [0.717, 1.165) is 6.42 Å². The number of H-pyrrole nitrogens is 1. The van der Waals surface area contributed by atoms with Gasteiger partial charge in [-0.25, -0.2) is 9.78 Å². The molecule has 2 aliphatic heterocycles. The number of hydrogen-bond donors (Lipinski definition) is 3. The van der Waals surface area contributed by atoms with Gasteiger partial charge in [-0.15, -0.1) is 0 Å². The summed E-state index contributed by atoms with van der Waals surface area (Å²) in [5.74, 6) is -0.269. The molecule has 0 saturated carbocycles. The van der Waals surface area contributed by atoms with Gasteiger partial charge in [-0.3, -0.25) is 4.79 Å². The first kappa shape index (κ1) is 27.9. The molecule has 2 unspecified atom stereocenters. The van der Waals surface area contributed by atoms with Crippen molar-refractivity contribution < 1.29 is 22.8 Å². The van der Waals surface area contributed by atoms with Crippen molar-refractivity contribution in [2.24, 2.45) is 0 Å². The molecule has 4 heterocycles. The number of para-hydroxylation sites is 1. The molecule has 2 atom stereocenters. The molecule has 6 rings (SSSR count). The molecular formula is C29H23Cl2F3N6O2. The van der Waals surface area contributed by atoms with Crippen molar-refractivity contribution in [2.45, 2.75) is 24.7 Å². The summed E-state index contributed by atoms with van der Waals surface area (Å²) in [6, 6.07) is 17.6. The third-order valence-electron chi connectivity index (χ3n) is 7.43. The Morgan fingerprint density at radius 2 is 1.67 bits per heavy atom. The number of nitrogens with one attached hydrogen (secondary N) is 3. The number of amides is 3. The number of alkyl halides is 3. The fraction of sp³-hybridized carbons (Fsp3) is 0.207. The molecule has 0 aliphatic carbocycles. The van der Waals surface area contributed by atoms with Crippen LogP contribution in [0.3, 0.4) is 0 Å².